The lowest BCUT2D eigenvalue weighted by molar-refractivity contribution is 0.963. The summed E-state index contributed by atoms with van der Waals surface area (Å²) in [6.45, 7) is 1.05. The molecule has 1 aliphatic heterocycles. The SMILES string of the molecule is [B]1CCNC=N1. The van der Waals surface area contributed by atoms with Gasteiger partial charge in [0.1, 0.15) is 0 Å². The average Bonchev–Trinajstić information content (AvgIpc) is 1.72. The molecule has 0 aromatic heterocycles. The topological polar surface area (TPSA) is 24.4 Å². The Labute approximate surface area is 37.9 Å². The van der Waals surface area contributed by atoms with E-state index in [0.717, 1.165) is 12.9 Å². The zero-order valence-corrected chi connectivity index (χ0v) is 3.52. The van der Waals surface area contributed by atoms with E-state index in [-0.39, 0.29) is 0 Å². The van der Waals surface area contributed by atoms with E-state index in [2.05, 4.69) is 10.2 Å². The Balaban J connectivity index is 2.26. The molecule has 1 N–H and O–H groups in total. The maximum atomic E-state index is 3.82. The van der Waals surface area contributed by atoms with Gasteiger partial charge >= 0.3 is 0 Å². The fraction of sp³-hybridized carbons (Fsp3) is 0.667. The molecule has 0 aromatic carbocycles. The predicted molar refractivity (Wildman–Crippen MR) is 27.1 cm³/mol. The molecular formula is C3H6BN2. The third-order valence-corrected chi connectivity index (χ3v) is 0.689. The van der Waals surface area contributed by atoms with Crippen LogP contribution in [0.4, 0.5) is 0 Å². The molecule has 1 heterocycles. The summed E-state index contributed by atoms with van der Waals surface area (Å²) >= 11 is 0. The van der Waals surface area contributed by atoms with E-state index in [1.54, 1.807) is 6.34 Å². The van der Waals surface area contributed by atoms with Crippen molar-refractivity contribution >= 4 is 13.8 Å². The van der Waals surface area contributed by atoms with Crippen molar-refractivity contribution in [3.63, 3.8) is 0 Å². The number of nitrogens with zero attached hydrogens (tertiary/aromatic N) is 1. The molecule has 1 aliphatic rings. The Bertz CT molecular complexity index is 53.8. The number of hydrogen-bond donors (Lipinski definition) is 1. The second-order valence-electron chi connectivity index (χ2n) is 1.20. The minimum absolute atomic E-state index is 1.05. The van der Waals surface area contributed by atoms with Gasteiger partial charge in [-0.25, -0.2) is 0 Å². The molecule has 0 saturated heterocycles. The van der Waals surface area contributed by atoms with Crippen molar-refractivity contribution in [1.29, 1.82) is 0 Å². The van der Waals surface area contributed by atoms with Gasteiger partial charge in [0.15, 0.2) is 0 Å². The van der Waals surface area contributed by atoms with Gasteiger partial charge in [0.25, 0.3) is 7.41 Å². The van der Waals surface area contributed by atoms with Crippen LogP contribution in [0.2, 0.25) is 6.32 Å². The number of nitrogens with one attached hydrogen (secondary N) is 1. The van der Waals surface area contributed by atoms with Crippen LogP contribution in [0.5, 0.6) is 0 Å². The van der Waals surface area contributed by atoms with E-state index in [1.807, 2.05) is 7.41 Å². The fourth-order valence-electron chi connectivity index (χ4n) is 0.392. The quantitative estimate of drug-likeness (QED) is 0.396. The third kappa shape index (κ3) is 0.741. The predicted octanol–water partition coefficient (Wildman–Crippen LogP) is -0.345. The molecule has 6 heavy (non-hydrogen) atoms. The first-order valence-electron chi connectivity index (χ1n) is 2.07. The summed E-state index contributed by atoms with van der Waals surface area (Å²) < 4.78 is 0. The minimum Gasteiger partial charge on any atom is -0.378 e. The summed E-state index contributed by atoms with van der Waals surface area (Å²) in [5, 5.41) is 2.96. The summed E-state index contributed by atoms with van der Waals surface area (Å²) in [5.74, 6) is 0. The van der Waals surface area contributed by atoms with Gasteiger partial charge in [-0.3, -0.25) is 0 Å². The molecule has 31 valence electrons. The van der Waals surface area contributed by atoms with E-state index < -0.39 is 0 Å². The summed E-state index contributed by atoms with van der Waals surface area (Å²) in [5.41, 5.74) is 0. The lowest BCUT2D eigenvalue weighted by Crippen LogP contribution is -2.18. The van der Waals surface area contributed by atoms with Gasteiger partial charge in [0, 0.05) is 6.54 Å². The highest BCUT2D eigenvalue weighted by molar-refractivity contribution is 6.35. The minimum atomic E-state index is 1.05. The van der Waals surface area contributed by atoms with Crippen LogP contribution in [-0.2, 0) is 0 Å². The molecule has 2 nitrogen and oxygen atoms in total. The van der Waals surface area contributed by atoms with E-state index in [9.17, 15) is 0 Å². The first kappa shape index (κ1) is 3.72. The van der Waals surface area contributed by atoms with Crippen molar-refractivity contribution in [3.8, 4) is 0 Å². The zero-order chi connectivity index (χ0) is 4.24. The van der Waals surface area contributed by atoms with E-state index >= 15 is 0 Å². The maximum absolute atomic E-state index is 3.82. The molecule has 0 saturated carbocycles. The first-order chi connectivity index (χ1) is 3.00. The van der Waals surface area contributed by atoms with Crippen molar-refractivity contribution < 1.29 is 0 Å². The van der Waals surface area contributed by atoms with Gasteiger partial charge in [-0.2, -0.15) is 0 Å². The van der Waals surface area contributed by atoms with Crippen LogP contribution in [0.1, 0.15) is 0 Å². The lowest BCUT2D eigenvalue weighted by atomic mass is 9.90. The van der Waals surface area contributed by atoms with Crippen LogP contribution in [0.25, 0.3) is 0 Å². The average molecular weight is 80.9 g/mol. The van der Waals surface area contributed by atoms with Crippen LogP contribution >= 0.6 is 0 Å². The van der Waals surface area contributed by atoms with Crippen LogP contribution in [0, 0.1) is 0 Å². The molecule has 0 aromatic rings. The highest BCUT2D eigenvalue weighted by atomic mass is 14.9. The Morgan fingerprint density at radius 2 is 2.83 bits per heavy atom. The molecule has 0 aliphatic carbocycles. The molecule has 3 heteroatoms. The van der Waals surface area contributed by atoms with Crippen molar-refractivity contribution in [1.82, 2.24) is 5.32 Å². The fourth-order valence-corrected chi connectivity index (χ4v) is 0.392. The lowest BCUT2D eigenvalue weighted by Gasteiger charge is -2.00. The third-order valence-electron chi connectivity index (χ3n) is 0.689. The van der Waals surface area contributed by atoms with Crippen molar-refractivity contribution in [2.45, 2.75) is 6.32 Å². The summed E-state index contributed by atoms with van der Waals surface area (Å²) in [4.78, 5) is 3.82. The molecular weight excluding hydrogens is 74.9 g/mol. The number of rotatable bonds is 0. The second-order valence-corrected chi connectivity index (χ2v) is 1.20. The normalized spacial score (nSPS) is 18.7. The highest BCUT2D eigenvalue weighted by Crippen LogP contribution is 1.78. The van der Waals surface area contributed by atoms with Crippen LogP contribution in [0.15, 0.2) is 4.90 Å². The van der Waals surface area contributed by atoms with Crippen LogP contribution in [-0.4, -0.2) is 20.3 Å². The van der Waals surface area contributed by atoms with Crippen molar-refractivity contribution in [2.24, 2.45) is 4.90 Å². The molecule has 1 rings (SSSR count). The Morgan fingerprint density at radius 1 is 1.83 bits per heavy atom. The van der Waals surface area contributed by atoms with Gasteiger partial charge in [-0.05, 0) is 6.32 Å². The molecule has 1 radical (unpaired) electrons. The summed E-state index contributed by atoms with van der Waals surface area (Å²) in [6.07, 6.45) is 2.78. The molecule has 0 amide bonds. The summed E-state index contributed by atoms with van der Waals surface area (Å²) in [7, 11) is 1.90. The van der Waals surface area contributed by atoms with Crippen molar-refractivity contribution in [2.75, 3.05) is 6.54 Å². The molecule has 0 fully saturated rings. The molecule has 0 spiro atoms. The molecule has 0 atom stereocenters. The maximum Gasteiger partial charge on any atom is 0.278 e. The van der Waals surface area contributed by atoms with Gasteiger partial charge in [-0.1, -0.05) is 0 Å². The van der Waals surface area contributed by atoms with E-state index in [1.165, 1.54) is 0 Å². The van der Waals surface area contributed by atoms with E-state index in [0.29, 0.717) is 0 Å². The van der Waals surface area contributed by atoms with Crippen LogP contribution < -0.4 is 5.32 Å². The monoisotopic (exact) mass is 81.1 g/mol. The highest BCUT2D eigenvalue weighted by Gasteiger charge is 1.89. The van der Waals surface area contributed by atoms with Gasteiger partial charge in [0.2, 0.25) is 0 Å². The van der Waals surface area contributed by atoms with Crippen molar-refractivity contribution in [3.05, 3.63) is 0 Å². The van der Waals surface area contributed by atoms with Gasteiger partial charge in [0.05, 0.1) is 6.34 Å². The Morgan fingerprint density at radius 3 is 3.00 bits per heavy atom. The molecule has 0 unspecified atom stereocenters. The first-order valence-corrected chi connectivity index (χ1v) is 2.07. The zero-order valence-electron chi connectivity index (χ0n) is 3.52. The number of hydrogen-bond acceptors (Lipinski definition) is 2. The Hall–Kier alpha value is -0.465. The standard InChI is InChI=1S/C3H6BN2/c1-2-5-3-6-4-1/h3H,1-2H2,(H,5,6). The van der Waals surface area contributed by atoms with Crippen LogP contribution in [0.3, 0.4) is 0 Å². The summed E-state index contributed by atoms with van der Waals surface area (Å²) in [6, 6.07) is 0. The smallest absolute Gasteiger partial charge is 0.278 e. The largest absolute Gasteiger partial charge is 0.378 e. The van der Waals surface area contributed by atoms with Gasteiger partial charge < -0.3 is 10.2 Å². The second kappa shape index (κ2) is 1.85. The Kier molecular flexibility index (Phi) is 1.15. The van der Waals surface area contributed by atoms with E-state index in [4.69, 9.17) is 0 Å². The van der Waals surface area contributed by atoms with Gasteiger partial charge in [-0.15, -0.1) is 0 Å². The molecule has 0 bridgehead atoms.